The summed E-state index contributed by atoms with van der Waals surface area (Å²) in [5, 5.41) is 10.3. The van der Waals surface area contributed by atoms with Crippen LogP contribution in [0.15, 0.2) is 62.9 Å². The monoisotopic (exact) mass is 395 g/mol. The van der Waals surface area contributed by atoms with Gasteiger partial charge in [-0.3, -0.25) is 4.40 Å². The second-order valence-electron chi connectivity index (χ2n) is 5.91. The molecule has 0 amide bonds. The van der Waals surface area contributed by atoms with E-state index in [0.717, 1.165) is 26.6 Å². The molecule has 6 nitrogen and oxygen atoms in total. The fourth-order valence-corrected chi connectivity index (χ4v) is 5.01. The highest BCUT2D eigenvalue weighted by atomic mass is 32.2. The predicted octanol–water partition coefficient (Wildman–Crippen LogP) is 4.35. The van der Waals surface area contributed by atoms with Gasteiger partial charge in [-0.05, 0) is 29.8 Å². The predicted molar refractivity (Wildman–Crippen MR) is 107 cm³/mol. The summed E-state index contributed by atoms with van der Waals surface area (Å²) in [5.41, 5.74) is 2.13. The van der Waals surface area contributed by atoms with Crippen LogP contribution in [-0.2, 0) is 5.75 Å². The van der Waals surface area contributed by atoms with Gasteiger partial charge in [0.2, 0.25) is 4.96 Å². The van der Waals surface area contributed by atoms with Crippen LogP contribution in [0.4, 0.5) is 0 Å². The molecule has 0 aliphatic rings. The van der Waals surface area contributed by atoms with Crippen molar-refractivity contribution in [3.8, 4) is 5.75 Å². The maximum Gasteiger partial charge on any atom is 0.336 e. The number of para-hydroxylation sites is 1. The van der Waals surface area contributed by atoms with E-state index in [1.165, 1.54) is 10.8 Å². The van der Waals surface area contributed by atoms with Gasteiger partial charge in [-0.1, -0.05) is 35.2 Å². The van der Waals surface area contributed by atoms with E-state index in [1.54, 1.807) is 36.3 Å². The molecule has 5 rings (SSSR count). The van der Waals surface area contributed by atoms with Gasteiger partial charge in [0.25, 0.3) is 0 Å². The molecule has 27 heavy (non-hydrogen) atoms. The standard InChI is InChI=1S/C19H13N3O3S2/c1-24-12-6-7-13-11(8-17(23)25-15(13)9-12)10-26-18-20-21-19-22(18)14-4-2-3-5-16(14)27-19/h2-9H,10H2,1H3. The highest BCUT2D eigenvalue weighted by Gasteiger charge is 2.14. The van der Waals surface area contributed by atoms with Crippen LogP contribution in [0.5, 0.6) is 5.75 Å². The molecule has 0 fully saturated rings. The summed E-state index contributed by atoms with van der Waals surface area (Å²) in [7, 11) is 1.58. The molecule has 0 aliphatic heterocycles. The van der Waals surface area contributed by atoms with Crippen molar-refractivity contribution in [2.45, 2.75) is 10.9 Å². The first kappa shape index (κ1) is 16.3. The van der Waals surface area contributed by atoms with Crippen LogP contribution in [0.2, 0.25) is 0 Å². The minimum Gasteiger partial charge on any atom is -0.497 e. The first-order valence-electron chi connectivity index (χ1n) is 8.19. The zero-order chi connectivity index (χ0) is 18.4. The van der Waals surface area contributed by atoms with E-state index in [9.17, 15) is 4.79 Å². The quantitative estimate of drug-likeness (QED) is 0.333. The number of nitrogens with zero attached hydrogens (tertiary/aromatic N) is 3. The second-order valence-corrected chi connectivity index (χ2v) is 7.86. The summed E-state index contributed by atoms with van der Waals surface area (Å²) in [6, 6.07) is 15.2. The Morgan fingerprint density at radius 2 is 2.07 bits per heavy atom. The molecule has 3 aromatic heterocycles. The van der Waals surface area contributed by atoms with Crippen molar-refractivity contribution in [1.82, 2.24) is 14.6 Å². The maximum atomic E-state index is 12.0. The molecule has 5 aromatic rings. The number of rotatable bonds is 4. The number of ether oxygens (including phenoxy) is 1. The lowest BCUT2D eigenvalue weighted by Gasteiger charge is -2.06. The molecule has 0 N–H and O–H groups in total. The Labute approximate surface area is 161 Å². The van der Waals surface area contributed by atoms with Gasteiger partial charge in [-0.2, -0.15) is 0 Å². The number of benzene rings is 2. The number of aromatic nitrogens is 3. The Balaban J connectivity index is 1.55. The summed E-state index contributed by atoms with van der Waals surface area (Å²) >= 11 is 3.16. The molecule has 0 aliphatic carbocycles. The van der Waals surface area contributed by atoms with Crippen molar-refractivity contribution in [2.75, 3.05) is 7.11 Å². The third-order valence-corrected chi connectivity index (χ3v) is 6.29. The van der Waals surface area contributed by atoms with E-state index in [4.69, 9.17) is 9.15 Å². The van der Waals surface area contributed by atoms with Gasteiger partial charge in [0.05, 0.1) is 17.3 Å². The molecule has 134 valence electrons. The number of fused-ring (bicyclic) bond motifs is 4. The van der Waals surface area contributed by atoms with E-state index in [0.29, 0.717) is 17.1 Å². The lowest BCUT2D eigenvalue weighted by atomic mass is 10.1. The minimum atomic E-state index is -0.376. The summed E-state index contributed by atoms with van der Waals surface area (Å²) in [5.74, 6) is 1.23. The zero-order valence-electron chi connectivity index (χ0n) is 14.2. The van der Waals surface area contributed by atoms with Crippen LogP contribution in [-0.4, -0.2) is 21.7 Å². The molecule has 0 bridgehead atoms. The van der Waals surface area contributed by atoms with Gasteiger partial charge in [-0.25, -0.2) is 4.79 Å². The average molecular weight is 395 g/mol. The van der Waals surface area contributed by atoms with Crippen molar-refractivity contribution in [2.24, 2.45) is 0 Å². The number of thiazole rings is 1. The largest absolute Gasteiger partial charge is 0.497 e. The molecular weight excluding hydrogens is 382 g/mol. The molecule has 2 aromatic carbocycles. The zero-order valence-corrected chi connectivity index (χ0v) is 15.8. The van der Waals surface area contributed by atoms with Crippen LogP contribution < -0.4 is 10.4 Å². The van der Waals surface area contributed by atoms with Crippen LogP contribution in [0, 0.1) is 0 Å². The normalized spacial score (nSPS) is 11.6. The van der Waals surface area contributed by atoms with Crippen molar-refractivity contribution < 1.29 is 9.15 Å². The van der Waals surface area contributed by atoms with Crippen molar-refractivity contribution >= 4 is 49.2 Å². The summed E-state index contributed by atoms with van der Waals surface area (Å²) in [4.78, 5) is 12.8. The van der Waals surface area contributed by atoms with Crippen LogP contribution in [0.25, 0.3) is 26.1 Å². The van der Waals surface area contributed by atoms with Crippen LogP contribution in [0.3, 0.4) is 0 Å². The first-order valence-corrected chi connectivity index (χ1v) is 9.99. The Morgan fingerprint density at radius 3 is 2.96 bits per heavy atom. The average Bonchev–Trinajstić information content (AvgIpc) is 3.24. The van der Waals surface area contributed by atoms with Gasteiger partial charge in [0.1, 0.15) is 11.3 Å². The van der Waals surface area contributed by atoms with Crippen LogP contribution >= 0.6 is 23.1 Å². The molecular formula is C19H13N3O3S2. The Bertz CT molecular complexity index is 1350. The van der Waals surface area contributed by atoms with Gasteiger partial charge in [0, 0.05) is 23.3 Å². The lowest BCUT2D eigenvalue weighted by Crippen LogP contribution is -2.00. The van der Waals surface area contributed by atoms with Gasteiger partial charge >= 0.3 is 5.63 Å². The summed E-state index contributed by atoms with van der Waals surface area (Å²) in [6.07, 6.45) is 0. The fourth-order valence-electron chi connectivity index (χ4n) is 3.05. The number of hydrogen-bond acceptors (Lipinski definition) is 7. The molecule has 0 radical (unpaired) electrons. The summed E-state index contributed by atoms with van der Waals surface area (Å²) < 4.78 is 13.8. The van der Waals surface area contributed by atoms with Gasteiger partial charge in [-0.15, -0.1) is 10.2 Å². The fraction of sp³-hybridized carbons (Fsp3) is 0.105. The third-order valence-electron chi connectivity index (χ3n) is 4.31. The third kappa shape index (κ3) is 2.77. The maximum absolute atomic E-state index is 12.0. The molecule has 8 heteroatoms. The first-order chi connectivity index (χ1) is 13.2. The highest BCUT2D eigenvalue weighted by molar-refractivity contribution is 7.98. The van der Waals surface area contributed by atoms with E-state index < -0.39 is 0 Å². The Kier molecular flexibility index (Phi) is 3.87. The van der Waals surface area contributed by atoms with Gasteiger partial charge < -0.3 is 9.15 Å². The molecule has 0 saturated heterocycles. The van der Waals surface area contributed by atoms with E-state index in [-0.39, 0.29) is 5.63 Å². The SMILES string of the molecule is COc1ccc2c(CSc3nnc4sc5ccccc5n34)cc(=O)oc2c1. The Morgan fingerprint density at radius 1 is 1.19 bits per heavy atom. The number of methoxy groups -OCH3 is 1. The highest BCUT2D eigenvalue weighted by Crippen LogP contribution is 2.32. The second kappa shape index (κ2) is 6.40. The molecule has 3 heterocycles. The van der Waals surface area contributed by atoms with E-state index in [2.05, 4.69) is 26.7 Å². The van der Waals surface area contributed by atoms with Crippen molar-refractivity contribution in [1.29, 1.82) is 0 Å². The van der Waals surface area contributed by atoms with Crippen molar-refractivity contribution in [3.05, 3.63) is 64.5 Å². The molecule has 0 unspecified atom stereocenters. The molecule has 0 atom stereocenters. The number of hydrogen-bond donors (Lipinski definition) is 0. The van der Waals surface area contributed by atoms with Gasteiger partial charge in [0.15, 0.2) is 5.16 Å². The Hall–Kier alpha value is -2.84. The minimum absolute atomic E-state index is 0.376. The topological polar surface area (TPSA) is 69.6 Å². The smallest absolute Gasteiger partial charge is 0.336 e. The van der Waals surface area contributed by atoms with Crippen molar-refractivity contribution in [3.63, 3.8) is 0 Å². The molecule has 0 spiro atoms. The lowest BCUT2D eigenvalue weighted by molar-refractivity contribution is 0.414. The van der Waals surface area contributed by atoms with Crippen LogP contribution in [0.1, 0.15) is 5.56 Å². The van der Waals surface area contributed by atoms with E-state index >= 15 is 0 Å². The number of thioether (sulfide) groups is 1. The van der Waals surface area contributed by atoms with E-state index in [1.807, 2.05) is 24.3 Å². The summed E-state index contributed by atoms with van der Waals surface area (Å²) in [6.45, 7) is 0. The molecule has 0 saturated carbocycles.